The first-order chi connectivity index (χ1) is 9.04. The smallest absolute Gasteiger partial charge is 0.280 e. The second-order valence-corrected chi connectivity index (χ2v) is 2.94. The molecule has 1 heterocycles. The van der Waals surface area contributed by atoms with E-state index in [4.69, 9.17) is 4.74 Å². The Labute approximate surface area is 132 Å². The zero-order chi connectivity index (χ0) is 15.3. The molecule has 0 atom stereocenters. The summed E-state index contributed by atoms with van der Waals surface area (Å²) < 4.78 is 4.94. The zero-order valence-electron chi connectivity index (χ0n) is 10.8. The van der Waals surface area contributed by atoms with E-state index in [1.165, 1.54) is 12.8 Å². The first kappa shape index (κ1) is 32.1. The molecule has 22 heavy (non-hydrogen) atoms. The van der Waals surface area contributed by atoms with Gasteiger partial charge in [0.25, 0.3) is 23.1 Å². The molecule has 0 saturated carbocycles. The van der Waals surface area contributed by atoms with Gasteiger partial charge in [0.2, 0.25) is 0 Å². The Morgan fingerprint density at radius 3 is 1.14 bits per heavy atom. The van der Waals surface area contributed by atoms with Gasteiger partial charge in [-0.3, -0.25) is 28.8 Å². The molecular formula is C15H28O7. The average molecular weight is 320 g/mol. The van der Waals surface area contributed by atoms with Gasteiger partial charge in [-0.1, -0.05) is 36.1 Å². The van der Waals surface area contributed by atoms with Crippen molar-refractivity contribution in [1.29, 1.82) is 0 Å². The van der Waals surface area contributed by atoms with Crippen molar-refractivity contribution in [2.24, 2.45) is 0 Å². The van der Waals surface area contributed by atoms with E-state index in [0.29, 0.717) is 0 Å². The number of rotatable bonds is 5. The summed E-state index contributed by atoms with van der Waals surface area (Å²) in [7, 11) is 0. The van der Waals surface area contributed by atoms with Crippen LogP contribution < -0.4 is 0 Å². The van der Waals surface area contributed by atoms with Crippen molar-refractivity contribution in [3.05, 3.63) is 0 Å². The largest absolute Gasteiger partial charge is 0.381 e. The lowest BCUT2D eigenvalue weighted by atomic mass is 10.1. The summed E-state index contributed by atoms with van der Waals surface area (Å²) in [5, 5.41) is 0. The normalized spacial score (nSPS) is 10.3. The lowest BCUT2D eigenvalue weighted by Gasteiger charge is -1.85. The fourth-order valence-electron chi connectivity index (χ4n) is 0.841. The van der Waals surface area contributed by atoms with Crippen molar-refractivity contribution >= 4 is 35.7 Å². The number of hydrogen-bond acceptors (Lipinski definition) is 7. The number of hydrogen-bond donors (Lipinski definition) is 0. The van der Waals surface area contributed by atoms with Gasteiger partial charge in [0.1, 0.15) is 0 Å². The van der Waals surface area contributed by atoms with Gasteiger partial charge in [-0.05, 0) is 12.8 Å². The number of Topliss-reactive ketones (excluding diaryl/α,β-unsaturated/α-hetero) is 4. The van der Waals surface area contributed by atoms with Gasteiger partial charge in [0.15, 0.2) is 12.6 Å². The van der Waals surface area contributed by atoms with Crippen molar-refractivity contribution < 1.29 is 33.5 Å². The molecule has 0 N–H and O–H groups in total. The molecule has 130 valence electrons. The molecule has 7 nitrogen and oxygen atoms in total. The summed E-state index contributed by atoms with van der Waals surface area (Å²) >= 11 is 0. The van der Waals surface area contributed by atoms with Gasteiger partial charge < -0.3 is 4.74 Å². The molecule has 0 aromatic rings. The fraction of sp³-hybridized carbons (Fsp3) is 0.600. The molecule has 0 bridgehead atoms. The molecule has 0 spiro atoms. The van der Waals surface area contributed by atoms with Crippen LogP contribution in [0.15, 0.2) is 0 Å². The predicted molar refractivity (Wildman–Crippen MR) is 83.8 cm³/mol. The molecule has 1 fully saturated rings. The van der Waals surface area contributed by atoms with Crippen LogP contribution in [0.3, 0.4) is 0 Å². The summed E-state index contributed by atoms with van der Waals surface area (Å²) in [5.41, 5.74) is 0. The quantitative estimate of drug-likeness (QED) is 0.427. The van der Waals surface area contributed by atoms with Crippen LogP contribution >= 0.6 is 0 Å². The van der Waals surface area contributed by atoms with Gasteiger partial charge in [-0.15, -0.1) is 0 Å². The molecule has 0 aliphatic carbocycles. The molecule has 1 saturated heterocycles. The Kier molecular flexibility index (Phi) is 31.0. The number of ketones is 4. The minimum absolute atomic E-state index is 0. The Morgan fingerprint density at radius 2 is 1.00 bits per heavy atom. The second-order valence-electron chi connectivity index (χ2n) is 2.94. The van der Waals surface area contributed by atoms with Gasteiger partial charge in [-0.2, -0.15) is 0 Å². The van der Waals surface area contributed by atoms with Crippen LogP contribution in [0.5, 0.6) is 0 Å². The first-order valence-corrected chi connectivity index (χ1v) is 5.69. The van der Waals surface area contributed by atoms with Crippen LogP contribution in [-0.2, 0) is 33.5 Å². The van der Waals surface area contributed by atoms with Crippen LogP contribution in [0.25, 0.3) is 0 Å². The SMILES string of the molecule is C.C.C.C1CCOC1.CC.O=CC(=O)C(=O)C(=O)C(=O)C=O. The number of ether oxygens (including phenoxy) is 1. The van der Waals surface area contributed by atoms with Crippen LogP contribution in [0.1, 0.15) is 49.0 Å². The van der Waals surface area contributed by atoms with E-state index in [0.717, 1.165) is 13.2 Å². The second kappa shape index (κ2) is 21.3. The lowest BCUT2D eigenvalue weighted by Crippen LogP contribution is -2.31. The van der Waals surface area contributed by atoms with Crippen LogP contribution in [-0.4, -0.2) is 48.9 Å². The highest BCUT2D eigenvalue weighted by atomic mass is 16.5. The highest BCUT2D eigenvalue weighted by Crippen LogP contribution is 1.98. The van der Waals surface area contributed by atoms with Crippen LogP contribution in [0.4, 0.5) is 0 Å². The highest BCUT2D eigenvalue weighted by Gasteiger charge is 2.27. The maximum atomic E-state index is 10.4. The zero-order valence-corrected chi connectivity index (χ0v) is 10.8. The maximum Gasteiger partial charge on any atom is 0.280 e. The topological polar surface area (TPSA) is 112 Å². The Morgan fingerprint density at radius 1 is 0.727 bits per heavy atom. The summed E-state index contributed by atoms with van der Waals surface area (Å²) in [6, 6.07) is 0. The molecule has 0 unspecified atom stereocenters. The van der Waals surface area contributed by atoms with E-state index in [1.807, 2.05) is 13.8 Å². The summed E-state index contributed by atoms with van der Waals surface area (Å²) in [6.45, 7) is 6.00. The van der Waals surface area contributed by atoms with E-state index in [-0.39, 0.29) is 22.3 Å². The molecule has 0 radical (unpaired) electrons. The maximum absolute atomic E-state index is 10.4. The van der Waals surface area contributed by atoms with Crippen molar-refractivity contribution in [2.75, 3.05) is 13.2 Å². The van der Waals surface area contributed by atoms with Gasteiger partial charge in [0.05, 0.1) is 0 Å². The first-order valence-electron chi connectivity index (χ1n) is 5.69. The number of aldehydes is 2. The molecule has 7 heteroatoms. The molecule has 0 aromatic heterocycles. The number of carbonyl (C=O) groups is 6. The van der Waals surface area contributed by atoms with Gasteiger partial charge >= 0.3 is 0 Å². The molecule has 0 aromatic carbocycles. The van der Waals surface area contributed by atoms with Crippen molar-refractivity contribution in [3.63, 3.8) is 0 Å². The summed E-state index contributed by atoms with van der Waals surface area (Å²) in [6.07, 6.45) is 1.75. The average Bonchev–Trinajstić information content (AvgIpc) is 3.05. The van der Waals surface area contributed by atoms with E-state index in [9.17, 15) is 28.8 Å². The molecule has 1 rings (SSSR count). The van der Waals surface area contributed by atoms with Crippen LogP contribution in [0.2, 0.25) is 0 Å². The Bertz CT molecular complexity index is 317. The van der Waals surface area contributed by atoms with Gasteiger partial charge in [0, 0.05) is 13.2 Å². The van der Waals surface area contributed by atoms with E-state index in [2.05, 4.69) is 0 Å². The summed E-state index contributed by atoms with van der Waals surface area (Å²) in [4.78, 5) is 60.3. The van der Waals surface area contributed by atoms with Crippen LogP contribution in [0, 0.1) is 0 Å². The predicted octanol–water partition coefficient (Wildman–Crippen LogP) is 1.39. The third-order valence-corrected chi connectivity index (χ3v) is 1.70. The van der Waals surface area contributed by atoms with E-state index >= 15 is 0 Å². The minimum atomic E-state index is -1.79. The molecule has 0 amide bonds. The monoisotopic (exact) mass is 320 g/mol. The molecule has 1 aliphatic heterocycles. The number of carbonyl (C=O) groups excluding carboxylic acids is 6. The third kappa shape index (κ3) is 14.4. The third-order valence-electron chi connectivity index (χ3n) is 1.70. The van der Waals surface area contributed by atoms with Crippen molar-refractivity contribution in [3.8, 4) is 0 Å². The van der Waals surface area contributed by atoms with E-state index in [1.54, 1.807) is 0 Å². The molecule has 1 aliphatic rings. The molecular weight excluding hydrogens is 292 g/mol. The van der Waals surface area contributed by atoms with Gasteiger partial charge in [-0.25, -0.2) is 0 Å². The van der Waals surface area contributed by atoms with Crippen molar-refractivity contribution in [1.82, 2.24) is 0 Å². The Balaban J connectivity index is -0.0000000818. The lowest BCUT2D eigenvalue weighted by molar-refractivity contribution is -0.150. The standard InChI is InChI=1S/C6H2O6.C4H8O.C2H6.3CH4/c7-1-3(9)5(11)6(12)4(10)2-8;1-2-4-5-3-1;1-2;;;/h1-2H;1-4H2;1-2H3;3*1H4. The van der Waals surface area contributed by atoms with E-state index < -0.39 is 35.7 Å². The summed E-state index contributed by atoms with van der Waals surface area (Å²) in [5.74, 6) is -6.87. The minimum Gasteiger partial charge on any atom is -0.381 e. The fourth-order valence-corrected chi connectivity index (χ4v) is 0.841. The Hall–Kier alpha value is -2.02. The van der Waals surface area contributed by atoms with Crippen molar-refractivity contribution in [2.45, 2.75) is 49.0 Å². The highest BCUT2D eigenvalue weighted by molar-refractivity contribution is 6.89.